The normalized spacial score (nSPS) is 12.6. The number of aromatic nitrogens is 1. The molecule has 1 heterocycles. The summed E-state index contributed by atoms with van der Waals surface area (Å²) >= 11 is 0. The van der Waals surface area contributed by atoms with Crippen LogP contribution in [0, 0.1) is 12.8 Å². The van der Waals surface area contributed by atoms with E-state index < -0.39 is 33.1 Å². The lowest BCUT2D eigenvalue weighted by Crippen LogP contribution is -2.35. The highest BCUT2D eigenvalue weighted by atomic mass is 32.2. The van der Waals surface area contributed by atoms with Crippen LogP contribution in [0.15, 0.2) is 42.5 Å². The molecule has 0 N–H and O–H groups in total. The van der Waals surface area contributed by atoms with E-state index in [1.165, 1.54) is 24.1 Å². The molecule has 1 aromatic heterocycles. The fourth-order valence-electron chi connectivity index (χ4n) is 3.83. The summed E-state index contributed by atoms with van der Waals surface area (Å²) in [6.07, 6.45) is -0.165. The number of alkyl halides is 3. The van der Waals surface area contributed by atoms with Crippen molar-refractivity contribution in [3.8, 4) is 16.9 Å². The van der Waals surface area contributed by atoms with Gasteiger partial charge in [-0.3, -0.25) is 9.88 Å². The molecular weight excluding hydrogens is 521 g/mol. The molecule has 206 valence electrons. The Morgan fingerprint density at radius 1 is 1.05 bits per heavy atom. The first-order valence-corrected chi connectivity index (χ1v) is 13.3. The quantitative estimate of drug-likeness (QED) is 0.242. The number of nitrogens with zero attached hydrogens (tertiary/aromatic N) is 2. The lowest BCUT2D eigenvalue weighted by atomic mass is 9.94. The van der Waals surface area contributed by atoms with Gasteiger partial charge in [0.1, 0.15) is 11.4 Å². The van der Waals surface area contributed by atoms with E-state index in [0.717, 1.165) is 11.6 Å². The van der Waals surface area contributed by atoms with Crippen molar-refractivity contribution in [1.82, 2.24) is 4.98 Å². The summed E-state index contributed by atoms with van der Waals surface area (Å²) < 4.78 is 72.4. The van der Waals surface area contributed by atoms with Crippen LogP contribution in [0.2, 0.25) is 0 Å². The van der Waals surface area contributed by atoms with Gasteiger partial charge in [-0.1, -0.05) is 43.7 Å². The molecule has 0 unspecified atom stereocenters. The van der Waals surface area contributed by atoms with Gasteiger partial charge in [0, 0.05) is 18.0 Å². The molecule has 0 aliphatic rings. The van der Waals surface area contributed by atoms with E-state index in [-0.39, 0.29) is 5.92 Å². The molecule has 0 fully saturated rings. The van der Waals surface area contributed by atoms with Gasteiger partial charge >= 0.3 is 21.7 Å². The number of fused-ring (bicyclic) bond motifs is 1. The first kappa shape index (κ1) is 29.2. The number of ether oxygens (including phenoxy) is 1. The van der Waals surface area contributed by atoms with E-state index in [1.807, 2.05) is 45.0 Å². The molecule has 0 aliphatic carbocycles. The summed E-state index contributed by atoms with van der Waals surface area (Å²) in [5.74, 6) is -0.386. The predicted molar refractivity (Wildman–Crippen MR) is 141 cm³/mol. The molecule has 0 spiro atoms. The Labute approximate surface area is 220 Å². The van der Waals surface area contributed by atoms with Crippen molar-refractivity contribution in [2.24, 2.45) is 5.92 Å². The van der Waals surface area contributed by atoms with Crippen LogP contribution >= 0.6 is 0 Å². The molecule has 38 heavy (non-hydrogen) atoms. The van der Waals surface area contributed by atoms with Crippen molar-refractivity contribution in [2.45, 2.75) is 59.1 Å². The first-order valence-electron chi connectivity index (χ1n) is 11.9. The van der Waals surface area contributed by atoms with Gasteiger partial charge in [0.25, 0.3) is 0 Å². The minimum absolute atomic E-state index is 0.149. The predicted octanol–water partition coefficient (Wildman–Crippen LogP) is 7.01. The average molecular weight is 553 g/mol. The Balaban J connectivity index is 2.38. The maximum Gasteiger partial charge on any atom is 0.534 e. The van der Waals surface area contributed by atoms with E-state index in [9.17, 15) is 26.4 Å². The smallest absolute Gasteiger partial charge is 0.443 e. The minimum Gasteiger partial charge on any atom is -0.443 e. The maximum absolute atomic E-state index is 13.2. The van der Waals surface area contributed by atoms with Crippen molar-refractivity contribution in [2.75, 3.05) is 11.9 Å². The SMILES string of the molecule is Cc1ccc(-c2c(N(C)C(=O)OC(C)(C)C)c(CC(C)C)nc3ccc(OS(=O)(=O)C(F)(F)F)cc23)cc1. The molecule has 3 aromatic rings. The zero-order valence-corrected chi connectivity index (χ0v) is 23.1. The van der Waals surface area contributed by atoms with Gasteiger partial charge < -0.3 is 8.92 Å². The third-order valence-electron chi connectivity index (χ3n) is 5.44. The van der Waals surface area contributed by atoms with E-state index in [1.54, 1.807) is 20.8 Å². The molecule has 0 radical (unpaired) electrons. The monoisotopic (exact) mass is 552 g/mol. The molecule has 0 atom stereocenters. The fraction of sp³-hybridized carbons (Fsp3) is 0.407. The lowest BCUT2D eigenvalue weighted by Gasteiger charge is -2.28. The Hall–Kier alpha value is -3.34. The summed E-state index contributed by atoms with van der Waals surface area (Å²) in [4.78, 5) is 19.2. The largest absolute Gasteiger partial charge is 0.534 e. The molecule has 0 saturated heterocycles. The van der Waals surface area contributed by atoms with Crippen LogP contribution in [0.25, 0.3) is 22.0 Å². The molecule has 3 rings (SSSR count). The van der Waals surface area contributed by atoms with Crippen LogP contribution < -0.4 is 9.08 Å². The van der Waals surface area contributed by atoms with Gasteiger partial charge in [-0.25, -0.2) is 4.79 Å². The van der Waals surface area contributed by atoms with Crippen molar-refractivity contribution >= 4 is 32.8 Å². The van der Waals surface area contributed by atoms with E-state index >= 15 is 0 Å². The Morgan fingerprint density at radius 3 is 2.18 bits per heavy atom. The number of hydrogen-bond donors (Lipinski definition) is 0. The molecular formula is C27H31F3N2O5S. The zero-order chi connectivity index (χ0) is 28.6. The van der Waals surface area contributed by atoms with Gasteiger partial charge in [0.05, 0.1) is 16.9 Å². The van der Waals surface area contributed by atoms with E-state index in [2.05, 4.69) is 4.18 Å². The molecule has 0 aliphatic heterocycles. The minimum atomic E-state index is -5.89. The van der Waals surface area contributed by atoms with Gasteiger partial charge in [0.15, 0.2) is 0 Å². The summed E-state index contributed by atoms with van der Waals surface area (Å²) in [5, 5.41) is 0.307. The van der Waals surface area contributed by atoms with Crippen molar-refractivity contribution < 1.29 is 35.3 Å². The first-order chi connectivity index (χ1) is 17.4. The molecule has 0 saturated carbocycles. The number of halogens is 3. The summed E-state index contributed by atoms with van der Waals surface area (Å²) in [7, 11) is -4.36. The van der Waals surface area contributed by atoms with Gasteiger partial charge in [-0.15, -0.1) is 0 Å². The highest BCUT2D eigenvalue weighted by molar-refractivity contribution is 7.88. The molecule has 0 bridgehead atoms. The second-order valence-electron chi connectivity index (χ2n) is 10.4. The zero-order valence-electron chi connectivity index (χ0n) is 22.3. The van der Waals surface area contributed by atoms with Crippen LogP contribution in [0.1, 0.15) is 45.9 Å². The Bertz CT molecular complexity index is 1440. The standard InChI is InChI=1S/C27H31F3N2O5S/c1-16(2)14-22-24(32(7)25(33)36-26(4,5)6)23(18-10-8-17(3)9-11-18)20-15-19(12-13-21(20)31-22)37-38(34,35)27(28,29)30/h8-13,15-16H,14H2,1-7H3. The third kappa shape index (κ3) is 6.56. The van der Waals surface area contributed by atoms with E-state index in [0.29, 0.717) is 39.8 Å². The molecule has 2 aromatic carbocycles. The number of carbonyl (C=O) groups excluding carboxylic acids is 1. The number of carbonyl (C=O) groups is 1. The molecule has 11 heteroatoms. The fourth-order valence-corrected chi connectivity index (χ4v) is 4.28. The summed E-state index contributed by atoms with van der Waals surface area (Å²) in [5.41, 5.74) is -2.91. The second kappa shape index (κ2) is 10.4. The van der Waals surface area contributed by atoms with Crippen LogP contribution in [-0.2, 0) is 21.3 Å². The number of pyridine rings is 1. The second-order valence-corrected chi connectivity index (χ2v) is 12.0. The van der Waals surface area contributed by atoms with Crippen LogP contribution in [0.3, 0.4) is 0 Å². The average Bonchev–Trinajstić information content (AvgIpc) is 2.76. The number of benzene rings is 2. The maximum atomic E-state index is 13.2. The topological polar surface area (TPSA) is 85.8 Å². The number of hydrogen-bond acceptors (Lipinski definition) is 6. The molecule has 7 nitrogen and oxygen atoms in total. The van der Waals surface area contributed by atoms with Crippen molar-refractivity contribution in [3.05, 3.63) is 53.7 Å². The number of rotatable bonds is 6. The van der Waals surface area contributed by atoms with Crippen molar-refractivity contribution in [3.63, 3.8) is 0 Å². The van der Waals surface area contributed by atoms with Gasteiger partial charge in [0.2, 0.25) is 0 Å². The molecule has 1 amide bonds. The summed E-state index contributed by atoms with van der Waals surface area (Å²) in [6, 6.07) is 11.0. The lowest BCUT2D eigenvalue weighted by molar-refractivity contribution is -0.0500. The van der Waals surface area contributed by atoms with Gasteiger partial charge in [-0.2, -0.15) is 21.6 Å². The summed E-state index contributed by atoms with van der Waals surface area (Å²) in [6.45, 7) is 11.1. The Kier molecular flexibility index (Phi) is 8.02. The highest BCUT2D eigenvalue weighted by Crippen LogP contribution is 2.42. The van der Waals surface area contributed by atoms with E-state index in [4.69, 9.17) is 9.72 Å². The Morgan fingerprint density at radius 2 is 1.66 bits per heavy atom. The van der Waals surface area contributed by atoms with Crippen molar-refractivity contribution in [1.29, 1.82) is 0 Å². The van der Waals surface area contributed by atoms with Gasteiger partial charge in [-0.05, 0) is 63.8 Å². The van der Waals surface area contributed by atoms with Crippen LogP contribution in [0.4, 0.5) is 23.7 Å². The van der Waals surface area contributed by atoms with Crippen LogP contribution in [0.5, 0.6) is 5.75 Å². The number of aryl methyl sites for hydroxylation is 1. The number of amides is 1. The van der Waals surface area contributed by atoms with Crippen LogP contribution in [-0.4, -0.2) is 37.7 Å². The number of anilines is 1. The third-order valence-corrected chi connectivity index (χ3v) is 6.42. The highest BCUT2D eigenvalue weighted by Gasteiger charge is 2.48.